The summed E-state index contributed by atoms with van der Waals surface area (Å²) < 4.78 is 6.36. The van der Waals surface area contributed by atoms with E-state index in [2.05, 4.69) is 54.2 Å². The Labute approximate surface area is 138 Å². The van der Waals surface area contributed by atoms with Gasteiger partial charge in [-0.15, -0.1) is 11.3 Å². The van der Waals surface area contributed by atoms with Crippen molar-refractivity contribution in [3.63, 3.8) is 0 Å². The van der Waals surface area contributed by atoms with Crippen LogP contribution in [0, 0.1) is 0 Å². The fraction of sp³-hybridized carbons (Fsp3) is 0.438. The maximum absolute atomic E-state index is 5.28. The molecular weight excluding hydrogens is 348 g/mol. The van der Waals surface area contributed by atoms with Crippen LogP contribution >= 0.6 is 27.3 Å². The fourth-order valence-electron chi connectivity index (χ4n) is 1.83. The summed E-state index contributed by atoms with van der Waals surface area (Å²) in [5.74, 6) is 0. The van der Waals surface area contributed by atoms with E-state index in [1.54, 1.807) is 18.4 Å². The second-order valence-corrected chi connectivity index (χ2v) is 7.93. The molecule has 3 nitrogen and oxygen atoms in total. The first-order valence-corrected chi connectivity index (χ1v) is 8.48. The highest BCUT2D eigenvalue weighted by molar-refractivity contribution is 9.10. The molecule has 0 amide bonds. The van der Waals surface area contributed by atoms with Crippen molar-refractivity contribution in [1.29, 1.82) is 0 Å². The molecule has 2 aromatic rings. The first-order valence-electron chi connectivity index (χ1n) is 6.87. The fourth-order valence-corrected chi connectivity index (χ4v) is 3.11. The Morgan fingerprint density at radius 3 is 2.48 bits per heavy atom. The lowest BCUT2D eigenvalue weighted by Gasteiger charge is -2.20. The summed E-state index contributed by atoms with van der Waals surface area (Å²) in [6.07, 6.45) is 0. The third-order valence-corrected chi connectivity index (χ3v) is 4.61. The Balaban J connectivity index is 2.25. The van der Waals surface area contributed by atoms with E-state index in [1.165, 1.54) is 4.88 Å². The number of halogens is 1. The molecule has 2 rings (SSSR count). The van der Waals surface area contributed by atoms with Gasteiger partial charge in [0, 0.05) is 34.1 Å². The highest BCUT2D eigenvalue weighted by Crippen LogP contribution is 2.29. The lowest BCUT2D eigenvalue weighted by atomic mass is 10.1. The lowest BCUT2D eigenvalue weighted by Crippen LogP contribution is -2.35. The van der Waals surface area contributed by atoms with Crippen LogP contribution in [0.5, 0.6) is 0 Å². The molecule has 21 heavy (non-hydrogen) atoms. The number of aromatic nitrogens is 1. The minimum absolute atomic E-state index is 0.0894. The monoisotopic (exact) mass is 368 g/mol. The van der Waals surface area contributed by atoms with Crippen LogP contribution in [-0.4, -0.2) is 17.6 Å². The quantitative estimate of drug-likeness (QED) is 0.836. The predicted octanol–water partition coefficient (Wildman–Crippen LogP) is 4.61. The van der Waals surface area contributed by atoms with Crippen LogP contribution in [0.1, 0.15) is 31.3 Å². The highest BCUT2D eigenvalue weighted by atomic mass is 79.9. The molecular formula is C16H21BrN2OS. The molecule has 0 saturated carbocycles. The van der Waals surface area contributed by atoms with Crippen LogP contribution in [0.15, 0.2) is 28.7 Å². The number of benzene rings is 1. The average molecular weight is 369 g/mol. The molecule has 0 saturated heterocycles. The van der Waals surface area contributed by atoms with Gasteiger partial charge in [0.2, 0.25) is 0 Å². The van der Waals surface area contributed by atoms with E-state index in [0.717, 1.165) is 27.3 Å². The molecule has 0 aliphatic carbocycles. The normalized spacial score (nSPS) is 11.9. The molecule has 0 atom stereocenters. The van der Waals surface area contributed by atoms with Crippen LogP contribution in [0.25, 0.3) is 10.6 Å². The molecule has 1 N–H and O–H groups in total. The summed E-state index contributed by atoms with van der Waals surface area (Å²) in [7, 11) is 1.71. The number of ether oxygens (including phenoxy) is 1. The van der Waals surface area contributed by atoms with Crippen molar-refractivity contribution in [3.8, 4) is 10.6 Å². The number of nitrogens with zero attached hydrogens (tertiary/aromatic N) is 1. The second-order valence-electron chi connectivity index (χ2n) is 5.93. The number of nitrogens with one attached hydrogen (secondary N) is 1. The molecule has 0 aliphatic rings. The van der Waals surface area contributed by atoms with Crippen molar-refractivity contribution >= 4 is 27.3 Å². The number of hydrogen-bond acceptors (Lipinski definition) is 4. The molecule has 0 bridgehead atoms. The van der Waals surface area contributed by atoms with Gasteiger partial charge in [0.1, 0.15) is 5.01 Å². The third kappa shape index (κ3) is 4.88. The van der Waals surface area contributed by atoms with Gasteiger partial charge < -0.3 is 10.1 Å². The Morgan fingerprint density at radius 1 is 1.24 bits per heavy atom. The Morgan fingerprint density at radius 2 is 1.90 bits per heavy atom. The van der Waals surface area contributed by atoms with E-state index >= 15 is 0 Å². The van der Waals surface area contributed by atoms with Crippen LogP contribution < -0.4 is 5.32 Å². The summed E-state index contributed by atoms with van der Waals surface area (Å²) in [5.41, 5.74) is 2.26. The van der Waals surface area contributed by atoms with E-state index in [0.29, 0.717) is 6.61 Å². The standard InChI is InChI=1S/C16H21BrN2OS/c1-16(2,3)18-9-14-13(10-20-4)19-15(21-14)11-5-7-12(17)8-6-11/h5-8,18H,9-10H2,1-4H3. The zero-order valence-electron chi connectivity index (χ0n) is 12.9. The minimum atomic E-state index is 0.0894. The van der Waals surface area contributed by atoms with E-state index in [-0.39, 0.29) is 5.54 Å². The summed E-state index contributed by atoms with van der Waals surface area (Å²) in [5, 5.41) is 4.56. The smallest absolute Gasteiger partial charge is 0.124 e. The molecule has 1 aromatic carbocycles. The zero-order valence-corrected chi connectivity index (χ0v) is 15.3. The summed E-state index contributed by atoms with van der Waals surface area (Å²) in [6.45, 7) is 7.86. The summed E-state index contributed by atoms with van der Waals surface area (Å²) >= 11 is 5.19. The first-order chi connectivity index (χ1) is 9.89. The predicted molar refractivity (Wildman–Crippen MR) is 92.6 cm³/mol. The Kier molecular flexibility index (Phi) is 5.54. The molecule has 0 spiro atoms. The molecule has 1 heterocycles. The van der Waals surface area contributed by atoms with Gasteiger partial charge in [-0.1, -0.05) is 28.1 Å². The van der Waals surface area contributed by atoms with Crippen LogP contribution in [0.2, 0.25) is 0 Å². The van der Waals surface area contributed by atoms with Gasteiger partial charge in [0.25, 0.3) is 0 Å². The minimum Gasteiger partial charge on any atom is -0.378 e. The SMILES string of the molecule is COCc1nc(-c2ccc(Br)cc2)sc1CNC(C)(C)C. The molecule has 0 unspecified atom stereocenters. The summed E-state index contributed by atoms with van der Waals surface area (Å²) in [6, 6.07) is 8.25. The second kappa shape index (κ2) is 7.01. The van der Waals surface area contributed by atoms with Gasteiger partial charge in [0.15, 0.2) is 0 Å². The van der Waals surface area contributed by atoms with E-state index in [1.807, 2.05) is 12.1 Å². The van der Waals surface area contributed by atoms with Crippen LogP contribution in [0.4, 0.5) is 0 Å². The van der Waals surface area contributed by atoms with E-state index < -0.39 is 0 Å². The molecule has 114 valence electrons. The summed E-state index contributed by atoms with van der Waals surface area (Å²) in [4.78, 5) is 5.98. The molecule has 0 aliphatic heterocycles. The van der Waals surface area contributed by atoms with E-state index in [9.17, 15) is 0 Å². The van der Waals surface area contributed by atoms with Crippen molar-refractivity contribution in [3.05, 3.63) is 39.3 Å². The molecule has 0 fully saturated rings. The van der Waals surface area contributed by atoms with Crippen molar-refractivity contribution < 1.29 is 4.74 Å². The van der Waals surface area contributed by atoms with Gasteiger partial charge in [-0.3, -0.25) is 0 Å². The van der Waals surface area contributed by atoms with Crippen molar-refractivity contribution in [1.82, 2.24) is 10.3 Å². The van der Waals surface area contributed by atoms with Crippen molar-refractivity contribution in [2.45, 2.75) is 39.5 Å². The number of thiazole rings is 1. The molecule has 0 radical (unpaired) electrons. The van der Waals surface area contributed by atoms with Gasteiger partial charge >= 0.3 is 0 Å². The molecule has 1 aromatic heterocycles. The first kappa shape index (κ1) is 16.6. The number of methoxy groups -OCH3 is 1. The van der Waals surface area contributed by atoms with Crippen molar-refractivity contribution in [2.75, 3.05) is 7.11 Å². The Bertz CT molecular complexity index is 587. The largest absolute Gasteiger partial charge is 0.378 e. The zero-order chi connectivity index (χ0) is 15.5. The Hall–Kier alpha value is -0.750. The number of rotatable bonds is 5. The maximum atomic E-state index is 5.28. The highest BCUT2D eigenvalue weighted by Gasteiger charge is 2.15. The number of hydrogen-bond donors (Lipinski definition) is 1. The topological polar surface area (TPSA) is 34.1 Å². The van der Waals surface area contributed by atoms with Gasteiger partial charge in [-0.05, 0) is 32.9 Å². The van der Waals surface area contributed by atoms with Gasteiger partial charge in [0.05, 0.1) is 12.3 Å². The van der Waals surface area contributed by atoms with Crippen molar-refractivity contribution in [2.24, 2.45) is 0 Å². The molecule has 5 heteroatoms. The van der Waals surface area contributed by atoms with Crippen LogP contribution in [0.3, 0.4) is 0 Å². The van der Waals surface area contributed by atoms with E-state index in [4.69, 9.17) is 9.72 Å². The average Bonchev–Trinajstić information content (AvgIpc) is 2.80. The van der Waals surface area contributed by atoms with Gasteiger partial charge in [-0.2, -0.15) is 0 Å². The third-order valence-electron chi connectivity index (χ3n) is 2.93. The maximum Gasteiger partial charge on any atom is 0.124 e. The van der Waals surface area contributed by atoms with Gasteiger partial charge in [-0.25, -0.2) is 4.98 Å². The van der Waals surface area contributed by atoms with Crippen LogP contribution in [-0.2, 0) is 17.9 Å². The lowest BCUT2D eigenvalue weighted by molar-refractivity contribution is 0.181.